The molecule has 1 unspecified atom stereocenters. The fourth-order valence-corrected chi connectivity index (χ4v) is 8.61. The van der Waals surface area contributed by atoms with Crippen LogP contribution in [0.25, 0.3) is 21.5 Å². The van der Waals surface area contributed by atoms with Gasteiger partial charge in [0.2, 0.25) is 35.4 Å². The number of fused-ring (bicyclic) bond motifs is 2. The van der Waals surface area contributed by atoms with Crippen molar-refractivity contribution in [3.8, 4) is 0 Å². The highest BCUT2D eigenvalue weighted by Gasteiger charge is 2.33. The third-order valence-corrected chi connectivity index (χ3v) is 12.7. The van der Waals surface area contributed by atoms with Crippen molar-refractivity contribution in [1.29, 1.82) is 0 Å². The Kier molecular flexibility index (Phi) is 19.9. The summed E-state index contributed by atoms with van der Waals surface area (Å²) >= 11 is 0. The number of aliphatic hydroxyl groups is 1. The van der Waals surface area contributed by atoms with Crippen molar-refractivity contribution >= 4 is 62.9 Å². The smallest absolute Gasteiger partial charge is 0.254 e. The molecule has 71 heavy (non-hydrogen) atoms. The maximum Gasteiger partial charge on any atom is 0.254 e. The molecule has 0 saturated carbocycles. The summed E-state index contributed by atoms with van der Waals surface area (Å²) in [6, 6.07) is 29.8. The fourth-order valence-electron chi connectivity index (χ4n) is 8.61. The number of rotatable bonds is 25. The predicted octanol–water partition coefficient (Wildman–Crippen LogP) is 2.96. The number of unbranched alkanes of at least 4 members (excludes halogenated alkanes) is 1. The topological polar surface area (TPSA) is 250 Å². The summed E-state index contributed by atoms with van der Waals surface area (Å²) < 4.78 is 13.2. The van der Waals surface area contributed by atoms with Crippen molar-refractivity contribution in [3.05, 3.63) is 132 Å². The quantitative estimate of drug-likeness (QED) is 0.0390. The average Bonchev–Trinajstić information content (AvgIpc) is 3.38. The van der Waals surface area contributed by atoms with Gasteiger partial charge in [-0.3, -0.25) is 33.6 Å². The van der Waals surface area contributed by atoms with E-state index in [4.69, 9.17) is 5.73 Å². The number of alkyl halides is 1. The van der Waals surface area contributed by atoms with Gasteiger partial charge >= 0.3 is 0 Å². The van der Waals surface area contributed by atoms with Crippen molar-refractivity contribution < 1.29 is 43.1 Å². The Morgan fingerprint density at radius 2 is 1.08 bits per heavy atom. The first-order chi connectivity index (χ1) is 34.3. The number of carbonyl (C=O) groups is 7. The Hall–Kier alpha value is -7.24. The molecule has 6 rings (SSSR count). The van der Waals surface area contributed by atoms with Gasteiger partial charge < -0.3 is 48.1 Å². The second-order valence-corrected chi connectivity index (χ2v) is 18.1. The van der Waals surface area contributed by atoms with Crippen molar-refractivity contribution in [2.45, 2.75) is 101 Å². The third-order valence-electron chi connectivity index (χ3n) is 12.7. The van der Waals surface area contributed by atoms with Crippen LogP contribution in [0.1, 0.15) is 62.1 Å². The molecular weight excluding hydrogens is 908 g/mol. The zero-order chi connectivity index (χ0) is 50.7. The molecule has 0 radical (unpaired) electrons. The van der Waals surface area contributed by atoms with Crippen LogP contribution in [0.2, 0.25) is 0 Å². The number of carbonyl (C=O) groups excluding carboxylic acids is 7. The number of nitrogens with two attached hydrogens (primary N) is 1. The molecule has 0 spiro atoms. The van der Waals surface area contributed by atoms with Crippen LogP contribution < -0.4 is 43.0 Å². The Morgan fingerprint density at radius 3 is 1.70 bits per heavy atom. The van der Waals surface area contributed by atoms with E-state index < -0.39 is 78.4 Å². The van der Waals surface area contributed by atoms with E-state index in [1.165, 1.54) is 0 Å². The Bertz CT molecular complexity index is 2630. The molecule has 1 fully saturated rings. The summed E-state index contributed by atoms with van der Waals surface area (Å²) in [6.07, 6.45) is 0.749. The number of hydrogen-bond donors (Lipinski definition) is 9. The zero-order valence-corrected chi connectivity index (χ0v) is 40.0. The highest BCUT2D eigenvalue weighted by Crippen LogP contribution is 2.20. The monoisotopic (exact) mass is 972 g/mol. The maximum atomic E-state index is 14.7. The van der Waals surface area contributed by atoms with Gasteiger partial charge in [0.05, 0.1) is 6.61 Å². The first-order valence-corrected chi connectivity index (χ1v) is 24.3. The van der Waals surface area contributed by atoms with Crippen LogP contribution >= 0.6 is 0 Å². The van der Waals surface area contributed by atoms with Crippen molar-refractivity contribution in [1.82, 2.24) is 37.2 Å². The summed E-state index contributed by atoms with van der Waals surface area (Å²) in [4.78, 5) is 94.8. The van der Waals surface area contributed by atoms with E-state index in [-0.39, 0.29) is 44.1 Å². The van der Waals surface area contributed by atoms with E-state index in [0.29, 0.717) is 50.8 Å². The maximum absolute atomic E-state index is 14.7. The van der Waals surface area contributed by atoms with Crippen LogP contribution in [-0.2, 0) is 52.8 Å². The summed E-state index contributed by atoms with van der Waals surface area (Å²) in [5.41, 5.74) is 7.92. The zero-order valence-electron chi connectivity index (χ0n) is 40.0. The lowest BCUT2D eigenvalue weighted by molar-refractivity contribution is -0.135. The third kappa shape index (κ3) is 16.2. The number of primary amides is 1. The molecule has 10 N–H and O–H groups in total. The molecule has 1 heterocycles. The number of aryl methyl sites for hydroxylation is 1. The number of halogens is 1. The predicted molar refractivity (Wildman–Crippen MR) is 269 cm³/mol. The van der Waals surface area contributed by atoms with Gasteiger partial charge in [-0.2, -0.15) is 0 Å². The van der Waals surface area contributed by atoms with Crippen molar-refractivity contribution in [2.75, 3.05) is 26.2 Å². The van der Waals surface area contributed by atoms with Crippen molar-refractivity contribution in [3.63, 3.8) is 0 Å². The van der Waals surface area contributed by atoms with Crippen LogP contribution in [0.15, 0.2) is 115 Å². The molecular formula is C54H65FN8O8. The number of benzene rings is 5. The van der Waals surface area contributed by atoms with Crippen LogP contribution in [0.4, 0.5) is 4.39 Å². The van der Waals surface area contributed by atoms with Gasteiger partial charge in [-0.05, 0) is 103 Å². The van der Waals surface area contributed by atoms with Crippen LogP contribution in [-0.4, -0.2) is 109 Å². The van der Waals surface area contributed by atoms with E-state index in [1.54, 1.807) is 30.3 Å². The van der Waals surface area contributed by atoms with Gasteiger partial charge in [0.25, 0.3) is 5.91 Å². The van der Waals surface area contributed by atoms with Crippen LogP contribution in [0.3, 0.4) is 0 Å². The summed E-state index contributed by atoms with van der Waals surface area (Å²) in [5.74, 6) is -5.28. The molecule has 1 saturated heterocycles. The Balaban J connectivity index is 1.22. The van der Waals surface area contributed by atoms with E-state index in [9.17, 15) is 43.1 Å². The van der Waals surface area contributed by atoms with Crippen LogP contribution in [0.5, 0.6) is 0 Å². The first kappa shape index (κ1) is 53.1. The van der Waals surface area contributed by atoms with E-state index in [1.807, 2.05) is 84.9 Å². The average molecular weight is 973 g/mol. The van der Waals surface area contributed by atoms with Crippen LogP contribution in [0, 0.1) is 5.92 Å². The fraction of sp³-hybridized carbons (Fsp3) is 0.389. The molecule has 0 bridgehead atoms. The summed E-state index contributed by atoms with van der Waals surface area (Å²) in [5, 5.41) is 33.8. The Labute approximate surface area is 412 Å². The minimum atomic E-state index is -1.68. The highest BCUT2D eigenvalue weighted by molar-refractivity contribution is 5.97. The second kappa shape index (κ2) is 26.7. The second-order valence-electron chi connectivity index (χ2n) is 18.1. The number of nitrogens with one attached hydrogen (secondary N) is 7. The number of amides is 7. The SMILES string of the molecule is CC(F)C(=O)NCCCC[C@H](NC(=O)[C@H](CO)NC(=O)[C@H](Cc1ccccc1)NC(=O)[C@@H](CCc1ccc2ccccc2c1)NC(=O)[C@@H](Cc1ccc2ccccc2c1)NC(=O)C1CCNCC1)C(N)=O. The van der Waals surface area contributed by atoms with Gasteiger partial charge in [-0.25, -0.2) is 4.39 Å². The molecule has 5 aromatic carbocycles. The van der Waals surface area contributed by atoms with E-state index in [0.717, 1.165) is 39.6 Å². The number of piperidine rings is 1. The molecule has 7 amide bonds. The highest BCUT2D eigenvalue weighted by atomic mass is 19.1. The first-order valence-electron chi connectivity index (χ1n) is 24.3. The largest absolute Gasteiger partial charge is 0.394 e. The van der Waals surface area contributed by atoms with Gasteiger partial charge in [0.15, 0.2) is 6.17 Å². The molecule has 0 aliphatic carbocycles. The molecule has 1 aliphatic heterocycles. The molecule has 0 aromatic heterocycles. The number of hydrogen-bond acceptors (Lipinski definition) is 9. The molecule has 6 atom stereocenters. The molecule has 16 nitrogen and oxygen atoms in total. The normalized spacial score (nSPS) is 15.3. The lowest BCUT2D eigenvalue weighted by Crippen LogP contribution is -2.60. The molecule has 1 aliphatic rings. The minimum absolute atomic E-state index is 0.0535. The summed E-state index contributed by atoms with van der Waals surface area (Å²) in [6.45, 7) is 1.69. The van der Waals surface area contributed by atoms with Gasteiger partial charge in [-0.15, -0.1) is 0 Å². The Morgan fingerprint density at radius 1 is 0.577 bits per heavy atom. The van der Waals surface area contributed by atoms with Gasteiger partial charge in [0, 0.05) is 25.3 Å². The lowest BCUT2D eigenvalue weighted by Gasteiger charge is -2.28. The summed E-state index contributed by atoms with van der Waals surface area (Å²) in [7, 11) is 0. The van der Waals surface area contributed by atoms with Gasteiger partial charge in [0.1, 0.15) is 30.2 Å². The molecule has 376 valence electrons. The van der Waals surface area contributed by atoms with Crippen molar-refractivity contribution in [2.24, 2.45) is 11.7 Å². The molecule has 5 aromatic rings. The minimum Gasteiger partial charge on any atom is -0.394 e. The van der Waals surface area contributed by atoms with Gasteiger partial charge in [-0.1, -0.05) is 115 Å². The lowest BCUT2D eigenvalue weighted by atomic mass is 9.95. The number of aliphatic hydroxyl groups excluding tert-OH is 1. The van der Waals surface area contributed by atoms with E-state index in [2.05, 4.69) is 37.2 Å². The molecule has 17 heteroatoms. The standard InChI is InChI=1S/C54H65FN8O8/c1-34(55)49(66)58-26-10-9-17-43(48(56)65)59-54(71)47(33-64)63-53(70)45(31-35-11-3-2-4-12-35)62-51(68)44(23-20-36-18-21-38-13-5-7-15-41(38)29-36)60-52(69)46(61-50(67)40-24-27-57-28-25-40)32-37-19-22-39-14-6-8-16-42(39)30-37/h2-8,11-16,18-19,21-22,29-30,34,40,43-47,57,64H,9-10,17,20,23-28,31-33H2,1H3,(H2,56,65)(H,58,66)(H,59,71)(H,60,69)(H,61,67)(H,62,68)(H,63,70)/t34?,43-,44+,45-,46+,47-/m0/s1. The van der Waals surface area contributed by atoms with E-state index >= 15 is 0 Å².